The molecule has 1 aliphatic carbocycles. The highest BCUT2D eigenvalue weighted by Gasteiger charge is 2.25. The van der Waals surface area contributed by atoms with Crippen LogP contribution < -0.4 is 15.4 Å². The summed E-state index contributed by atoms with van der Waals surface area (Å²) in [6, 6.07) is 11.8. The maximum atomic E-state index is 12.0. The lowest BCUT2D eigenvalue weighted by atomic mass is 9.93. The minimum atomic E-state index is -0.189. The van der Waals surface area contributed by atoms with Crippen molar-refractivity contribution in [3.8, 4) is 17.1 Å². The number of H-pyrrole nitrogens is 1. The number of carbonyl (C=O) groups is 1. The van der Waals surface area contributed by atoms with Crippen molar-refractivity contribution in [2.45, 2.75) is 37.8 Å². The van der Waals surface area contributed by atoms with Gasteiger partial charge in [0.15, 0.2) is 0 Å². The summed E-state index contributed by atoms with van der Waals surface area (Å²) in [6.45, 7) is 0.699. The molecule has 2 atom stereocenters. The van der Waals surface area contributed by atoms with Crippen LogP contribution in [0.15, 0.2) is 67.1 Å². The Hall–Kier alpha value is -3.95. The lowest BCUT2D eigenvalue weighted by molar-refractivity contribution is -0.111. The summed E-state index contributed by atoms with van der Waals surface area (Å²) in [6.07, 6.45) is 12.3. The minimum Gasteiger partial charge on any atom is -0.474 e. The van der Waals surface area contributed by atoms with Gasteiger partial charge in [-0.3, -0.25) is 4.79 Å². The van der Waals surface area contributed by atoms with E-state index < -0.39 is 0 Å². The fourth-order valence-corrected chi connectivity index (χ4v) is 4.90. The Morgan fingerprint density at radius 1 is 1.18 bits per heavy atom. The highest BCUT2D eigenvalue weighted by atomic mass is 35.5. The number of rotatable bonds is 9. The number of benzene rings is 1. The van der Waals surface area contributed by atoms with Gasteiger partial charge in [0.05, 0.1) is 28.8 Å². The maximum absolute atomic E-state index is 12.0. The third-order valence-electron chi connectivity index (χ3n) is 6.58. The molecule has 202 valence electrons. The van der Waals surface area contributed by atoms with Gasteiger partial charge < -0.3 is 25.3 Å². The van der Waals surface area contributed by atoms with Crippen LogP contribution in [-0.2, 0) is 4.79 Å². The number of hydrogen-bond acceptors (Lipinski definition) is 7. The number of carbonyl (C=O) groups excluding carboxylic acids is 1. The average molecular weight is 546 g/mol. The molecular formula is C29H32ClN7O2. The molecule has 3 heterocycles. The van der Waals surface area contributed by atoms with Gasteiger partial charge >= 0.3 is 0 Å². The molecule has 4 aromatic rings. The second-order valence-corrected chi connectivity index (χ2v) is 10.3. The molecule has 1 saturated carbocycles. The highest BCUT2D eigenvalue weighted by Crippen LogP contribution is 2.33. The average Bonchev–Trinajstić information content (AvgIpc) is 3.35. The van der Waals surface area contributed by atoms with Gasteiger partial charge in [-0.25, -0.2) is 15.0 Å². The molecule has 1 aliphatic rings. The van der Waals surface area contributed by atoms with Gasteiger partial charge in [-0.1, -0.05) is 35.9 Å². The van der Waals surface area contributed by atoms with Crippen molar-refractivity contribution in [2.24, 2.45) is 0 Å². The topological polar surface area (TPSA) is 108 Å². The number of para-hydroxylation sites is 1. The molecule has 5 rings (SSSR count). The monoisotopic (exact) mass is 545 g/mol. The van der Waals surface area contributed by atoms with E-state index in [-0.39, 0.29) is 18.1 Å². The molecule has 0 radical (unpaired) electrons. The first-order valence-corrected chi connectivity index (χ1v) is 13.4. The van der Waals surface area contributed by atoms with Crippen LogP contribution >= 0.6 is 11.6 Å². The van der Waals surface area contributed by atoms with Crippen molar-refractivity contribution < 1.29 is 9.53 Å². The first kappa shape index (κ1) is 26.6. The third kappa shape index (κ3) is 6.93. The Morgan fingerprint density at radius 2 is 2.05 bits per heavy atom. The molecule has 9 nitrogen and oxygen atoms in total. The van der Waals surface area contributed by atoms with Gasteiger partial charge in [0.2, 0.25) is 17.7 Å². The number of aromatic nitrogens is 4. The van der Waals surface area contributed by atoms with Gasteiger partial charge in [0.1, 0.15) is 6.10 Å². The van der Waals surface area contributed by atoms with Gasteiger partial charge in [-0.2, -0.15) is 0 Å². The van der Waals surface area contributed by atoms with Crippen molar-refractivity contribution in [3.63, 3.8) is 0 Å². The van der Waals surface area contributed by atoms with E-state index in [9.17, 15) is 4.79 Å². The maximum Gasteiger partial charge on any atom is 0.248 e. The van der Waals surface area contributed by atoms with E-state index in [1.165, 1.54) is 6.08 Å². The van der Waals surface area contributed by atoms with E-state index in [1.54, 1.807) is 24.5 Å². The van der Waals surface area contributed by atoms with Gasteiger partial charge in [0, 0.05) is 53.8 Å². The largest absolute Gasteiger partial charge is 0.474 e. The number of nitrogens with one attached hydrogen (secondary N) is 3. The Labute approximate surface area is 232 Å². The van der Waals surface area contributed by atoms with Crippen LogP contribution in [0.3, 0.4) is 0 Å². The molecule has 3 aromatic heterocycles. The van der Waals surface area contributed by atoms with E-state index in [0.29, 0.717) is 34.8 Å². The Balaban J connectivity index is 1.18. The number of amides is 1. The molecule has 1 amide bonds. The van der Waals surface area contributed by atoms with Crippen molar-refractivity contribution in [2.75, 3.05) is 31.3 Å². The molecule has 39 heavy (non-hydrogen) atoms. The predicted molar refractivity (Wildman–Crippen MR) is 155 cm³/mol. The van der Waals surface area contributed by atoms with Crippen molar-refractivity contribution in [1.82, 2.24) is 24.8 Å². The number of likely N-dealkylation sites (N-methyl/N-ethyl adjacent to an activating group) is 1. The first-order chi connectivity index (χ1) is 18.9. The molecule has 0 aliphatic heterocycles. The van der Waals surface area contributed by atoms with Gasteiger partial charge in [0.25, 0.3) is 0 Å². The zero-order valence-corrected chi connectivity index (χ0v) is 22.8. The number of hydrogen-bond donors (Lipinski definition) is 3. The quantitative estimate of drug-likeness (QED) is 0.237. The summed E-state index contributed by atoms with van der Waals surface area (Å²) in [5.74, 6) is 0.889. The Bertz CT molecular complexity index is 1450. The van der Waals surface area contributed by atoms with Crippen LogP contribution in [0.4, 0.5) is 11.6 Å². The molecule has 1 fully saturated rings. The number of aromatic amines is 1. The van der Waals surface area contributed by atoms with Crippen molar-refractivity contribution in [1.29, 1.82) is 0 Å². The number of nitrogens with zero attached hydrogens (tertiary/aromatic N) is 4. The molecule has 0 spiro atoms. The number of ether oxygens (including phenoxy) is 1. The molecular weight excluding hydrogens is 514 g/mol. The minimum absolute atomic E-state index is 0.0125. The lowest BCUT2D eigenvalue weighted by Gasteiger charge is -2.30. The van der Waals surface area contributed by atoms with E-state index >= 15 is 0 Å². The van der Waals surface area contributed by atoms with Crippen LogP contribution in [0.1, 0.15) is 25.7 Å². The summed E-state index contributed by atoms with van der Waals surface area (Å²) in [7, 11) is 3.90. The summed E-state index contributed by atoms with van der Waals surface area (Å²) in [4.78, 5) is 30.9. The number of halogens is 1. The van der Waals surface area contributed by atoms with Crippen molar-refractivity contribution >= 4 is 40.0 Å². The number of pyridine rings is 1. The highest BCUT2D eigenvalue weighted by molar-refractivity contribution is 6.33. The third-order valence-corrected chi connectivity index (χ3v) is 6.86. The molecule has 3 N–H and O–H groups in total. The molecule has 1 aromatic carbocycles. The second-order valence-electron chi connectivity index (χ2n) is 9.92. The van der Waals surface area contributed by atoms with Gasteiger partial charge in [-0.05, 0) is 45.5 Å². The lowest BCUT2D eigenvalue weighted by Crippen LogP contribution is -2.33. The summed E-state index contributed by atoms with van der Waals surface area (Å²) in [5, 5.41) is 7.86. The van der Waals surface area contributed by atoms with E-state index in [0.717, 1.165) is 42.1 Å². The number of fused-ring (bicyclic) bond motifs is 1. The van der Waals surface area contributed by atoms with Crippen LogP contribution in [-0.4, -0.2) is 63.5 Å². The van der Waals surface area contributed by atoms with E-state index in [4.69, 9.17) is 21.3 Å². The van der Waals surface area contributed by atoms with Crippen LogP contribution in [0.25, 0.3) is 22.2 Å². The van der Waals surface area contributed by atoms with Crippen LogP contribution in [0.5, 0.6) is 5.88 Å². The first-order valence-electron chi connectivity index (χ1n) is 13.0. The summed E-state index contributed by atoms with van der Waals surface area (Å²) >= 11 is 6.49. The van der Waals surface area contributed by atoms with Crippen LogP contribution in [0.2, 0.25) is 5.02 Å². The molecule has 10 heteroatoms. The zero-order chi connectivity index (χ0) is 27.2. The molecule has 0 saturated heterocycles. The summed E-state index contributed by atoms with van der Waals surface area (Å²) in [5.41, 5.74) is 3.29. The Morgan fingerprint density at radius 3 is 2.87 bits per heavy atom. The Kier molecular flexibility index (Phi) is 8.39. The smallest absolute Gasteiger partial charge is 0.248 e. The normalized spacial score (nSPS) is 17.5. The SMILES string of the molecule is CN(C)C/C=C/C(=O)Nc1ccc(OC2CCCC(Nc3ncc(Cl)c(-c4c[nH]c5ccccc45)n3)C2)nc1. The second kappa shape index (κ2) is 12.3. The molecule has 0 bridgehead atoms. The van der Waals surface area contributed by atoms with E-state index in [1.807, 2.05) is 55.5 Å². The van der Waals surface area contributed by atoms with Crippen LogP contribution in [0, 0.1) is 0 Å². The predicted octanol–water partition coefficient (Wildman–Crippen LogP) is 5.53. The zero-order valence-electron chi connectivity index (χ0n) is 22.0. The van der Waals surface area contributed by atoms with Crippen molar-refractivity contribution in [3.05, 3.63) is 72.2 Å². The van der Waals surface area contributed by atoms with Gasteiger partial charge in [-0.15, -0.1) is 0 Å². The van der Waals surface area contributed by atoms with E-state index in [2.05, 4.69) is 25.6 Å². The fourth-order valence-electron chi connectivity index (χ4n) is 4.71. The molecule has 2 unspecified atom stereocenters. The number of anilines is 2. The standard InChI is InChI=1S/C29H32ClN7O2/c1-37(2)14-6-11-26(38)34-20-12-13-27(32-16-20)39-21-8-5-7-19(15-21)35-29-33-18-24(30)28(36-29)23-17-31-25-10-4-3-9-22(23)25/h3-4,6,9-13,16-19,21,31H,5,7-8,14-15H2,1-2H3,(H,34,38)(H,33,35,36)/b11-6+. The fraction of sp³-hybridized carbons (Fsp3) is 0.310. The summed E-state index contributed by atoms with van der Waals surface area (Å²) < 4.78 is 6.18.